The van der Waals surface area contributed by atoms with Crippen molar-refractivity contribution >= 4 is 46.4 Å². The van der Waals surface area contributed by atoms with Crippen molar-refractivity contribution in [3.05, 3.63) is 88.5 Å². The van der Waals surface area contributed by atoms with Crippen molar-refractivity contribution < 1.29 is 14.3 Å². The molecule has 8 heteroatoms. The van der Waals surface area contributed by atoms with Gasteiger partial charge >= 0.3 is 0 Å². The molecule has 2 aromatic carbocycles. The molecule has 2 aromatic rings. The number of halogens is 2. The first-order valence-corrected chi connectivity index (χ1v) is 19.2. The van der Waals surface area contributed by atoms with E-state index in [2.05, 4.69) is 53.2 Å². The van der Waals surface area contributed by atoms with E-state index in [9.17, 15) is 9.59 Å². The minimum Gasteiger partial charge on any atom is -0.494 e. The minimum absolute atomic E-state index is 0.0954. The van der Waals surface area contributed by atoms with Crippen LogP contribution >= 0.6 is 23.2 Å². The van der Waals surface area contributed by atoms with Crippen LogP contribution in [0.4, 0.5) is 11.4 Å². The fraction of sp³-hybridized carbons (Fsp3) is 0.512. The van der Waals surface area contributed by atoms with Gasteiger partial charge in [0.15, 0.2) is 0 Å². The van der Waals surface area contributed by atoms with Gasteiger partial charge in [0, 0.05) is 45.1 Å². The predicted molar refractivity (Wildman–Crippen MR) is 206 cm³/mol. The van der Waals surface area contributed by atoms with Gasteiger partial charge in [-0.1, -0.05) is 98.0 Å². The predicted octanol–water partition coefficient (Wildman–Crippen LogP) is 10.4. The number of nitrogens with zero attached hydrogens (tertiary/aromatic N) is 3. The van der Waals surface area contributed by atoms with E-state index in [-0.39, 0.29) is 11.8 Å². The van der Waals surface area contributed by atoms with Crippen molar-refractivity contribution in [3.8, 4) is 5.75 Å². The zero-order chi connectivity index (χ0) is 34.7. The lowest BCUT2D eigenvalue weighted by molar-refractivity contribution is -0.126. The van der Waals surface area contributed by atoms with Crippen molar-refractivity contribution in [2.75, 3.05) is 49.1 Å². The standard InChI is InChI=1S/C41H55Cl2N3O3/c1-2-3-4-5-6-7-8-9-10-11-12-13-14-15-16-22-39(47)46-38-33-35(25-23-34(38)24-26-40(46)48)49-32-18-17-27-44-28-30-45(31-29-44)37-21-19-20-36(42)41(37)43/h3-4,6-7,9-10,19-21,23,25,33H,2,5,8,11-18,22,24,26-32H2,1H3/b4-3-,7-6-,10-9-. The van der Waals surface area contributed by atoms with Gasteiger partial charge in [-0.3, -0.25) is 19.4 Å². The van der Waals surface area contributed by atoms with Gasteiger partial charge in [0.2, 0.25) is 11.8 Å². The van der Waals surface area contributed by atoms with E-state index in [1.165, 1.54) is 11.3 Å². The fourth-order valence-electron chi connectivity index (χ4n) is 6.40. The van der Waals surface area contributed by atoms with Crippen molar-refractivity contribution in [1.82, 2.24) is 4.90 Å². The quantitative estimate of drug-likeness (QED) is 0.101. The molecule has 266 valence electrons. The molecule has 1 saturated heterocycles. The molecule has 1 fully saturated rings. The Bertz CT molecular complexity index is 1410. The summed E-state index contributed by atoms with van der Waals surface area (Å²) in [5.74, 6) is 0.515. The van der Waals surface area contributed by atoms with E-state index < -0.39 is 0 Å². The number of carbonyl (C=O) groups excluding carboxylic acids is 2. The summed E-state index contributed by atoms with van der Waals surface area (Å²) in [4.78, 5) is 32.3. The molecule has 2 aliphatic heterocycles. The Morgan fingerprint density at radius 3 is 2.33 bits per heavy atom. The van der Waals surface area contributed by atoms with E-state index >= 15 is 0 Å². The Hall–Kier alpha value is -3.06. The molecule has 0 N–H and O–H groups in total. The van der Waals surface area contributed by atoms with Gasteiger partial charge in [0.25, 0.3) is 0 Å². The van der Waals surface area contributed by atoms with Crippen LogP contribution in [0.25, 0.3) is 0 Å². The Labute approximate surface area is 304 Å². The van der Waals surface area contributed by atoms with Crippen LogP contribution in [-0.2, 0) is 16.0 Å². The number of carbonyl (C=O) groups is 2. The van der Waals surface area contributed by atoms with Gasteiger partial charge in [0.05, 0.1) is 28.0 Å². The number of hydrogen-bond donors (Lipinski definition) is 0. The van der Waals surface area contributed by atoms with Gasteiger partial charge in [-0.15, -0.1) is 0 Å². The molecule has 0 atom stereocenters. The van der Waals surface area contributed by atoms with Gasteiger partial charge < -0.3 is 9.64 Å². The second-order valence-electron chi connectivity index (χ2n) is 13.0. The second-order valence-corrected chi connectivity index (χ2v) is 13.8. The van der Waals surface area contributed by atoms with Gasteiger partial charge in [0.1, 0.15) is 5.75 Å². The highest BCUT2D eigenvalue weighted by atomic mass is 35.5. The lowest BCUT2D eigenvalue weighted by Gasteiger charge is -2.36. The SMILES string of the molecule is CC/C=C\C/C=C\C/C=C\CCCCCCCC(=O)N1C(=O)CCc2ccc(OCCCCN3CCN(c4cccc(Cl)c4Cl)CC3)cc21. The monoisotopic (exact) mass is 707 g/mol. The van der Waals surface area contributed by atoms with Crippen molar-refractivity contribution in [2.24, 2.45) is 0 Å². The Morgan fingerprint density at radius 1 is 0.796 bits per heavy atom. The first-order chi connectivity index (χ1) is 24.0. The number of amides is 2. The first kappa shape index (κ1) is 38.7. The van der Waals surface area contributed by atoms with Crippen LogP contribution in [0.3, 0.4) is 0 Å². The molecule has 4 rings (SSSR count). The van der Waals surface area contributed by atoms with Crippen molar-refractivity contribution in [3.63, 3.8) is 0 Å². The third-order valence-corrected chi connectivity index (χ3v) is 10.0. The topological polar surface area (TPSA) is 53.1 Å². The first-order valence-electron chi connectivity index (χ1n) is 18.5. The van der Waals surface area contributed by atoms with Crippen LogP contribution in [0.5, 0.6) is 5.75 Å². The lowest BCUT2D eigenvalue weighted by Crippen LogP contribution is -2.46. The zero-order valence-corrected chi connectivity index (χ0v) is 30.9. The molecule has 0 aliphatic carbocycles. The number of fused-ring (bicyclic) bond motifs is 1. The average Bonchev–Trinajstić information content (AvgIpc) is 3.11. The van der Waals surface area contributed by atoms with Crippen LogP contribution in [0.1, 0.15) is 96.0 Å². The van der Waals surface area contributed by atoms with E-state index in [1.54, 1.807) is 0 Å². The normalized spacial score (nSPS) is 15.6. The van der Waals surface area contributed by atoms with Gasteiger partial charge in [-0.25, -0.2) is 0 Å². The summed E-state index contributed by atoms with van der Waals surface area (Å²) < 4.78 is 6.10. The van der Waals surface area contributed by atoms with E-state index in [4.69, 9.17) is 27.9 Å². The minimum atomic E-state index is -0.105. The average molecular weight is 709 g/mol. The molecular weight excluding hydrogens is 653 g/mol. The molecule has 2 aliphatic rings. The molecule has 0 saturated carbocycles. The summed E-state index contributed by atoms with van der Waals surface area (Å²) in [6.07, 6.45) is 26.2. The van der Waals surface area contributed by atoms with Crippen molar-refractivity contribution in [2.45, 2.75) is 96.8 Å². The number of imide groups is 1. The number of anilines is 2. The van der Waals surface area contributed by atoms with Crippen LogP contribution in [-0.4, -0.2) is 56.0 Å². The zero-order valence-electron chi connectivity index (χ0n) is 29.4. The maximum atomic E-state index is 13.2. The molecule has 0 bridgehead atoms. The summed E-state index contributed by atoms with van der Waals surface area (Å²) in [5.41, 5.74) is 2.75. The summed E-state index contributed by atoms with van der Waals surface area (Å²) in [6, 6.07) is 11.7. The second kappa shape index (κ2) is 21.9. The Kier molecular flexibility index (Phi) is 17.3. The lowest BCUT2D eigenvalue weighted by atomic mass is 10.00. The third-order valence-electron chi connectivity index (χ3n) is 9.23. The highest BCUT2D eigenvalue weighted by Crippen LogP contribution is 2.34. The van der Waals surface area contributed by atoms with Crippen LogP contribution < -0.4 is 14.5 Å². The highest BCUT2D eigenvalue weighted by Gasteiger charge is 2.29. The third kappa shape index (κ3) is 13.0. The fourth-order valence-corrected chi connectivity index (χ4v) is 6.81. The molecular formula is C41H55Cl2N3O3. The summed E-state index contributed by atoms with van der Waals surface area (Å²) >= 11 is 12.6. The Balaban J connectivity index is 1.10. The number of ether oxygens (including phenoxy) is 1. The maximum absolute atomic E-state index is 13.2. The molecule has 2 amide bonds. The molecule has 0 unspecified atom stereocenters. The van der Waals surface area contributed by atoms with Crippen molar-refractivity contribution in [1.29, 1.82) is 0 Å². The number of hydrogen-bond acceptors (Lipinski definition) is 5. The number of benzene rings is 2. The summed E-state index contributed by atoms with van der Waals surface area (Å²) in [5, 5.41) is 1.22. The smallest absolute Gasteiger partial charge is 0.234 e. The molecule has 2 heterocycles. The number of aryl methyl sites for hydroxylation is 1. The number of allylic oxidation sites excluding steroid dienone is 6. The van der Waals surface area contributed by atoms with Gasteiger partial charge in [-0.05, 0) is 88.1 Å². The summed E-state index contributed by atoms with van der Waals surface area (Å²) in [6.45, 7) is 7.60. The van der Waals surface area contributed by atoms with Crippen LogP contribution in [0.2, 0.25) is 10.0 Å². The van der Waals surface area contributed by atoms with Gasteiger partial charge in [-0.2, -0.15) is 0 Å². The van der Waals surface area contributed by atoms with Crippen LogP contribution in [0.15, 0.2) is 72.9 Å². The Morgan fingerprint density at radius 2 is 1.53 bits per heavy atom. The molecule has 6 nitrogen and oxygen atoms in total. The van der Waals surface area contributed by atoms with E-state index in [0.29, 0.717) is 47.4 Å². The number of rotatable bonds is 20. The molecule has 0 radical (unpaired) electrons. The van der Waals surface area contributed by atoms with Crippen LogP contribution in [0, 0.1) is 0 Å². The molecule has 49 heavy (non-hydrogen) atoms. The molecule has 0 spiro atoms. The van der Waals surface area contributed by atoms with E-state index in [1.807, 2.05) is 36.4 Å². The number of piperazine rings is 1. The maximum Gasteiger partial charge on any atom is 0.234 e. The highest BCUT2D eigenvalue weighted by molar-refractivity contribution is 6.43. The largest absolute Gasteiger partial charge is 0.494 e. The van der Waals surface area contributed by atoms with E-state index in [0.717, 1.165) is 108 Å². The summed E-state index contributed by atoms with van der Waals surface area (Å²) in [7, 11) is 0. The number of unbranched alkanes of at least 4 members (excludes halogenated alkanes) is 6. The molecule has 0 aromatic heterocycles.